The van der Waals surface area contributed by atoms with Gasteiger partial charge in [-0.1, -0.05) is 66.7 Å². The molecule has 3 aromatic rings. The molecular formula is C26H29N2O3P. The number of carbonyl (C=O) groups excluding carboxylic acids is 1. The molecule has 0 radical (unpaired) electrons. The Kier molecular flexibility index (Phi) is 6.90. The van der Waals surface area contributed by atoms with Gasteiger partial charge < -0.3 is 10.4 Å². The van der Waals surface area contributed by atoms with Gasteiger partial charge in [0.15, 0.2) is 0 Å². The van der Waals surface area contributed by atoms with E-state index in [1.165, 1.54) is 0 Å². The van der Waals surface area contributed by atoms with Crippen LogP contribution < -0.4 is 21.0 Å². The minimum atomic E-state index is -3.17. The van der Waals surface area contributed by atoms with Gasteiger partial charge in [-0.05, 0) is 49.1 Å². The number of hydrogen-bond acceptors (Lipinski definition) is 3. The molecule has 1 fully saturated rings. The molecule has 6 heteroatoms. The van der Waals surface area contributed by atoms with Gasteiger partial charge in [0.05, 0.1) is 6.61 Å². The van der Waals surface area contributed by atoms with Crippen molar-refractivity contribution in [2.24, 2.45) is 11.8 Å². The van der Waals surface area contributed by atoms with Gasteiger partial charge in [0.1, 0.15) is 0 Å². The van der Waals surface area contributed by atoms with E-state index in [0.717, 1.165) is 16.2 Å². The van der Waals surface area contributed by atoms with E-state index in [-0.39, 0.29) is 36.4 Å². The smallest absolute Gasteiger partial charge is 0.223 e. The highest BCUT2D eigenvalue weighted by Gasteiger charge is 2.50. The molecule has 5 nitrogen and oxygen atoms in total. The van der Waals surface area contributed by atoms with E-state index in [2.05, 4.69) is 10.4 Å². The molecular weight excluding hydrogens is 419 g/mol. The third-order valence-electron chi connectivity index (χ3n) is 5.99. The van der Waals surface area contributed by atoms with Crippen molar-refractivity contribution in [1.82, 2.24) is 10.4 Å². The lowest BCUT2D eigenvalue weighted by atomic mass is 10.0. The van der Waals surface area contributed by atoms with E-state index in [0.29, 0.717) is 6.42 Å². The first-order valence-electron chi connectivity index (χ1n) is 11.0. The Morgan fingerprint density at radius 2 is 1.44 bits per heavy atom. The van der Waals surface area contributed by atoms with Crippen LogP contribution >= 0.6 is 7.29 Å². The third kappa shape index (κ3) is 4.86. The molecule has 4 rings (SSSR count). The van der Waals surface area contributed by atoms with Crippen LogP contribution in [0.5, 0.6) is 0 Å². The fourth-order valence-electron chi connectivity index (χ4n) is 4.13. The first kappa shape index (κ1) is 22.5. The molecule has 1 aliphatic rings. The van der Waals surface area contributed by atoms with E-state index in [4.69, 9.17) is 0 Å². The molecule has 0 spiro atoms. The standard InChI is InChI=1S/C26H29N2O3P/c1-19(18-29)27-26(30)24-17-23(24)25(20-11-5-2-6-12-20)28-32(31,21-13-7-3-8-14-21)22-15-9-4-10-16-22/h2-16,19,23-25,29H,17-18H2,1H3,(H,27,30)(H,28,31)/t19-,23-,24-,25+/m1/s1. The summed E-state index contributed by atoms with van der Waals surface area (Å²) in [5.41, 5.74) is 1.01. The Morgan fingerprint density at radius 1 is 0.938 bits per heavy atom. The number of amides is 1. The predicted molar refractivity (Wildman–Crippen MR) is 128 cm³/mol. The van der Waals surface area contributed by atoms with Gasteiger partial charge in [-0.15, -0.1) is 0 Å². The van der Waals surface area contributed by atoms with Crippen molar-refractivity contribution in [2.75, 3.05) is 6.61 Å². The van der Waals surface area contributed by atoms with Crippen LogP contribution in [0, 0.1) is 11.8 Å². The van der Waals surface area contributed by atoms with Gasteiger partial charge in [-0.3, -0.25) is 14.4 Å². The van der Waals surface area contributed by atoms with Crippen LogP contribution in [0.25, 0.3) is 0 Å². The molecule has 1 aliphatic carbocycles. The number of carbonyl (C=O) groups is 1. The molecule has 3 N–H and O–H groups in total. The normalized spacial score (nSPS) is 19.7. The molecule has 0 aliphatic heterocycles. The van der Waals surface area contributed by atoms with E-state index in [1.54, 1.807) is 6.92 Å². The molecule has 1 amide bonds. The average molecular weight is 449 g/mol. The van der Waals surface area contributed by atoms with Crippen LogP contribution in [-0.2, 0) is 9.36 Å². The van der Waals surface area contributed by atoms with Crippen LogP contribution in [0.3, 0.4) is 0 Å². The van der Waals surface area contributed by atoms with Crippen LogP contribution in [0.1, 0.15) is 24.9 Å². The number of hydrogen-bond donors (Lipinski definition) is 3. The van der Waals surface area contributed by atoms with Crippen molar-refractivity contribution in [1.29, 1.82) is 0 Å². The maximum absolute atomic E-state index is 14.6. The highest BCUT2D eigenvalue weighted by atomic mass is 31.2. The molecule has 0 saturated heterocycles. The summed E-state index contributed by atoms with van der Waals surface area (Å²) in [5.74, 6) is -0.223. The van der Waals surface area contributed by atoms with Gasteiger partial charge in [0, 0.05) is 28.6 Å². The van der Waals surface area contributed by atoms with Gasteiger partial charge in [0.25, 0.3) is 0 Å². The summed E-state index contributed by atoms with van der Waals surface area (Å²) in [6, 6.07) is 28.4. The fourth-order valence-corrected chi connectivity index (χ4v) is 6.64. The van der Waals surface area contributed by atoms with Gasteiger partial charge in [-0.2, -0.15) is 0 Å². The van der Waals surface area contributed by atoms with E-state index < -0.39 is 7.29 Å². The topological polar surface area (TPSA) is 78.4 Å². The Hall–Kier alpha value is -2.72. The van der Waals surface area contributed by atoms with E-state index >= 15 is 0 Å². The second-order valence-corrected chi connectivity index (χ2v) is 10.9. The second-order valence-electron chi connectivity index (χ2n) is 8.40. The fraction of sp³-hybridized carbons (Fsp3) is 0.269. The molecule has 0 heterocycles. The molecule has 32 heavy (non-hydrogen) atoms. The monoisotopic (exact) mass is 448 g/mol. The number of nitrogens with one attached hydrogen (secondary N) is 2. The minimum Gasteiger partial charge on any atom is -0.394 e. The number of rotatable bonds is 9. The SMILES string of the molecule is C[C@H](CO)NC(=O)[C@@H]1C[C@H]1[C@@H](NP(=O)(c1ccccc1)c1ccccc1)c1ccccc1. The largest absolute Gasteiger partial charge is 0.394 e. The highest BCUT2D eigenvalue weighted by Crippen LogP contribution is 2.52. The van der Waals surface area contributed by atoms with Crippen molar-refractivity contribution >= 4 is 23.8 Å². The van der Waals surface area contributed by atoms with E-state index in [9.17, 15) is 14.5 Å². The first-order valence-corrected chi connectivity index (χ1v) is 12.7. The average Bonchev–Trinajstić information content (AvgIpc) is 3.65. The third-order valence-corrected chi connectivity index (χ3v) is 8.68. The van der Waals surface area contributed by atoms with Gasteiger partial charge in [-0.25, -0.2) is 0 Å². The lowest BCUT2D eigenvalue weighted by Gasteiger charge is -2.28. The summed E-state index contributed by atoms with van der Waals surface area (Å²) >= 11 is 0. The van der Waals surface area contributed by atoms with Gasteiger partial charge >= 0.3 is 0 Å². The quantitative estimate of drug-likeness (QED) is 0.439. The number of benzene rings is 3. The van der Waals surface area contributed by atoms with Crippen LogP contribution in [0.2, 0.25) is 0 Å². The predicted octanol–water partition coefficient (Wildman–Crippen LogP) is 3.38. The lowest BCUT2D eigenvalue weighted by Crippen LogP contribution is -2.37. The molecule has 3 aromatic carbocycles. The molecule has 166 valence electrons. The van der Waals surface area contributed by atoms with Crippen LogP contribution in [0.4, 0.5) is 0 Å². The van der Waals surface area contributed by atoms with Crippen molar-refractivity contribution < 1.29 is 14.5 Å². The maximum atomic E-state index is 14.6. The minimum absolute atomic E-state index is 0.0176. The zero-order valence-electron chi connectivity index (χ0n) is 18.1. The molecule has 1 saturated carbocycles. The lowest BCUT2D eigenvalue weighted by molar-refractivity contribution is -0.123. The van der Waals surface area contributed by atoms with Crippen molar-refractivity contribution in [2.45, 2.75) is 25.4 Å². The summed E-state index contributed by atoms with van der Waals surface area (Å²) in [7, 11) is -3.17. The Balaban J connectivity index is 1.69. The summed E-state index contributed by atoms with van der Waals surface area (Å²) in [6.45, 7) is 1.68. The zero-order chi connectivity index (χ0) is 22.6. The second kappa shape index (κ2) is 9.83. The van der Waals surface area contributed by atoms with E-state index in [1.807, 2.05) is 91.0 Å². The molecule has 0 bridgehead atoms. The summed E-state index contributed by atoms with van der Waals surface area (Å²) in [5, 5.41) is 17.1. The summed E-state index contributed by atoms with van der Waals surface area (Å²) < 4.78 is 14.6. The number of aliphatic hydroxyl groups excluding tert-OH is 1. The maximum Gasteiger partial charge on any atom is 0.223 e. The Bertz CT molecular complexity index is 1030. The Labute approximate surface area is 189 Å². The zero-order valence-corrected chi connectivity index (χ0v) is 19.0. The summed E-state index contributed by atoms with van der Waals surface area (Å²) in [6.07, 6.45) is 0.708. The number of aliphatic hydroxyl groups is 1. The molecule has 4 atom stereocenters. The summed E-state index contributed by atoms with van der Waals surface area (Å²) in [4.78, 5) is 12.7. The molecule has 0 aromatic heterocycles. The van der Waals surface area contributed by atoms with Crippen molar-refractivity contribution in [3.8, 4) is 0 Å². The first-order chi connectivity index (χ1) is 15.5. The van der Waals surface area contributed by atoms with Gasteiger partial charge in [0.2, 0.25) is 13.2 Å². The van der Waals surface area contributed by atoms with Crippen molar-refractivity contribution in [3.05, 3.63) is 96.6 Å². The van der Waals surface area contributed by atoms with Crippen LogP contribution in [-0.4, -0.2) is 23.7 Å². The highest BCUT2D eigenvalue weighted by molar-refractivity contribution is 7.76. The Morgan fingerprint density at radius 3 is 1.94 bits per heavy atom. The molecule has 0 unspecified atom stereocenters. The van der Waals surface area contributed by atoms with Crippen molar-refractivity contribution in [3.63, 3.8) is 0 Å². The van der Waals surface area contributed by atoms with Crippen LogP contribution in [0.15, 0.2) is 91.0 Å².